The van der Waals surface area contributed by atoms with Gasteiger partial charge < -0.3 is 10.4 Å². The summed E-state index contributed by atoms with van der Waals surface area (Å²) in [5, 5.41) is 12.4. The van der Waals surface area contributed by atoms with Gasteiger partial charge in [0.1, 0.15) is 11.6 Å². The van der Waals surface area contributed by atoms with E-state index in [0.29, 0.717) is 12.1 Å². The number of aliphatic hydroxyl groups excluding tert-OH is 1. The third-order valence-corrected chi connectivity index (χ3v) is 3.46. The zero-order chi connectivity index (χ0) is 12.3. The summed E-state index contributed by atoms with van der Waals surface area (Å²) >= 11 is 0. The van der Waals surface area contributed by atoms with Crippen LogP contribution in [-0.2, 0) is 6.54 Å². The SMILES string of the molecule is OCC1CCCC1NCc1ccc(F)cc1F. The first kappa shape index (κ1) is 12.5. The van der Waals surface area contributed by atoms with Crippen molar-refractivity contribution < 1.29 is 13.9 Å². The molecule has 1 aromatic carbocycles. The molecule has 17 heavy (non-hydrogen) atoms. The summed E-state index contributed by atoms with van der Waals surface area (Å²) in [5.74, 6) is -0.810. The fraction of sp³-hybridized carbons (Fsp3) is 0.538. The quantitative estimate of drug-likeness (QED) is 0.847. The smallest absolute Gasteiger partial charge is 0.130 e. The summed E-state index contributed by atoms with van der Waals surface area (Å²) in [5.41, 5.74) is 0.468. The molecule has 0 amide bonds. The molecule has 0 saturated heterocycles. The van der Waals surface area contributed by atoms with Gasteiger partial charge in [0, 0.05) is 30.8 Å². The molecule has 2 atom stereocenters. The number of halogens is 2. The highest BCUT2D eigenvalue weighted by molar-refractivity contribution is 5.18. The second kappa shape index (κ2) is 5.56. The Morgan fingerprint density at radius 3 is 2.82 bits per heavy atom. The molecule has 1 saturated carbocycles. The van der Waals surface area contributed by atoms with Gasteiger partial charge in [0.2, 0.25) is 0 Å². The number of hydrogen-bond donors (Lipinski definition) is 2. The molecule has 0 aromatic heterocycles. The van der Waals surface area contributed by atoms with E-state index in [-0.39, 0.29) is 18.6 Å². The molecule has 0 heterocycles. The average Bonchev–Trinajstić information content (AvgIpc) is 2.75. The lowest BCUT2D eigenvalue weighted by Gasteiger charge is -2.19. The van der Waals surface area contributed by atoms with Crippen molar-refractivity contribution >= 4 is 0 Å². The highest BCUT2D eigenvalue weighted by Gasteiger charge is 2.26. The van der Waals surface area contributed by atoms with Crippen LogP contribution in [0.3, 0.4) is 0 Å². The van der Waals surface area contributed by atoms with Crippen molar-refractivity contribution in [3.8, 4) is 0 Å². The lowest BCUT2D eigenvalue weighted by Crippen LogP contribution is -2.33. The molecule has 1 aliphatic rings. The minimum Gasteiger partial charge on any atom is -0.396 e. The van der Waals surface area contributed by atoms with Crippen LogP contribution >= 0.6 is 0 Å². The summed E-state index contributed by atoms with van der Waals surface area (Å²) in [4.78, 5) is 0. The summed E-state index contributed by atoms with van der Waals surface area (Å²) in [7, 11) is 0. The zero-order valence-corrected chi connectivity index (χ0v) is 9.63. The normalized spacial score (nSPS) is 24.2. The first-order chi connectivity index (χ1) is 8.20. The van der Waals surface area contributed by atoms with Gasteiger partial charge in [-0.3, -0.25) is 0 Å². The van der Waals surface area contributed by atoms with Crippen molar-refractivity contribution in [1.82, 2.24) is 5.32 Å². The van der Waals surface area contributed by atoms with Gasteiger partial charge in [-0.2, -0.15) is 0 Å². The minimum atomic E-state index is -0.555. The summed E-state index contributed by atoms with van der Waals surface area (Å²) < 4.78 is 26.1. The van der Waals surface area contributed by atoms with Gasteiger partial charge in [0.15, 0.2) is 0 Å². The van der Waals surface area contributed by atoms with Gasteiger partial charge in [0.25, 0.3) is 0 Å². The Morgan fingerprint density at radius 1 is 1.29 bits per heavy atom. The van der Waals surface area contributed by atoms with Crippen LogP contribution < -0.4 is 5.32 Å². The van der Waals surface area contributed by atoms with Crippen molar-refractivity contribution in [3.63, 3.8) is 0 Å². The fourth-order valence-corrected chi connectivity index (χ4v) is 2.43. The van der Waals surface area contributed by atoms with Crippen LogP contribution in [0, 0.1) is 17.6 Å². The summed E-state index contributed by atoms with van der Waals surface area (Å²) in [6.07, 6.45) is 3.11. The third kappa shape index (κ3) is 3.01. The van der Waals surface area contributed by atoms with Crippen LogP contribution in [-0.4, -0.2) is 17.8 Å². The van der Waals surface area contributed by atoms with Crippen LogP contribution in [0.25, 0.3) is 0 Å². The molecular weight excluding hydrogens is 224 g/mol. The van der Waals surface area contributed by atoms with Gasteiger partial charge in [-0.25, -0.2) is 8.78 Å². The Balaban J connectivity index is 1.93. The van der Waals surface area contributed by atoms with Crippen molar-refractivity contribution in [2.24, 2.45) is 5.92 Å². The van der Waals surface area contributed by atoms with Gasteiger partial charge in [-0.1, -0.05) is 12.5 Å². The van der Waals surface area contributed by atoms with E-state index in [0.717, 1.165) is 25.3 Å². The van der Waals surface area contributed by atoms with E-state index in [1.54, 1.807) is 0 Å². The Kier molecular flexibility index (Phi) is 4.07. The molecule has 0 spiro atoms. The van der Waals surface area contributed by atoms with Crippen LogP contribution in [0.2, 0.25) is 0 Å². The molecule has 1 aromatic rings. The molecule has 1 aliphatic carbocycles. The van der Waals surface area contributed by atoms with Crippen molar-refractivity contribution in [2.75, 3.05) is 6.61 Å². The molecule has 4 heteroatoms. The number of hydrogen-bond acceptors (Lipinski definition) is 2. The van der Waals surface area contributed by atoms with Crippen LogP contribution in [0.5, 0.6) is 0 Å². The van der Waals surface area contributed by atoms with Crippen molar-refractivity contribution in [1.29, 1.82) is 0 Å². The Labute approximate surface area is 99.7 Å². The molecule has 0 aliphatic heterocycles. The number of nitrogens with one attached hydrogen (secondary N) is 1. The van der Waals surface area contributed by atoms with E-state index < -0.39 is 11.6 Å². The van der Waals surface area contributed by atoms with Crippen LogP contribution in [0.4, 0.5) is 8.78 Å². The maximum absolute atomic E-state index is 13.4. The lowest BCUT2D eigenvalue weighted by atomic mass is 10.0. The second-order valence-corrected chi connectivity index (χ2v) is 4.60. The predicted octanol–water partition coefficient (Wildman–Crippen LogP) is 2.22. The molecule has 2 unspecified atom stereocenters. The number of aliphatic hydroxyl groups is 1. The Bertz CT molecular complexity index is 384. The van der Waals surface area contributed by atoms with E-state index in [4.69, 9.17) is 5.11 Å². The van der Waals surface area contributed by atoms with Crippen molar-refractivity contribution in [2.45, 2.75) is 31.8 Å². The molecule has 0 bridgehead atoms. The van der Waals surface area contributed by atoms with E-state index in [2.05, 4.69) is 5.32 Å². The maximum Gasteiger partial charge on any atom is 0.130 e. The number of benzene rings is 1. The van der Waals surface area contributed by atoms with E-state index in [9.17, 15) is 8.78 Å². The van der Waals surface area contributed by atoms with Gasteiger partial charge in [-0.15, -0.1) is 0 Å². The molecule has 2 nitrogen and oxygen atoms in total. The minimum absolute atomic E-state index is 0.170. The van der Waals surface area contributed by atoms with Gasteiger partial charge in [0.05, 0.1) is 0 Å². The third-order valence-electron chi connectivity index (χ3n) is 3.46. The lowest BCUT2D eigenvalue weighted by molar-refractivity contribution is 0.205. The first-order valence-electron chi connectivity index (χ1n) is 5.99. The van der Waals surface area contributed by atoms with Crippen LogP contribution in [0.1, 0.15) is 24.8 Å². The number of rotatable bonds is 4. The molecule has 94 valence electrons. The second-order valence-electron chi connectivity index (χ2n) is 4.60. The summed E-state index contributed by atoms with van der Waals surface area (Å²) in [6.45, 7) is 0.552. The van der Waals surface area contributed by atoms with Crippen molar-refractivity contribution in [3.05, 3.63) is 35.4 Å². The van der Waals surface area contributed by atoms with Gasteiger partial charge in [-0.05, 0) is 24.8 Å². The largest absolute Gasteiger partial charge is 0.396 e. The monoisotopic (exact) mass is 241 g/mol. The van der Waals surface area contributed by atoms with Crippen LogP contribution in [0.15, 0.2) is 18.2 Å². The van der Waals surface area contributed by atoms with E-state index in [1.165, 1.54) is 12.1 Å². The molecule has 0 radical (unpaired) electrons. The van der Waals surface area contributed by atoms with Gasteiger partial charge >= 0.3 is 0 Å². The predicted molar refractivity (Wildman–Crippen MR) is 61.4 cm³/mol. The average molecular weight is 241 g/mol. The molecular formula is C13H17F2NO. The highest BCUT2D eigenvalue weighted by atomic mass is 19.1. The standard InChI is InChI=1S/C13H17F2NO/c14-11-5-4-9(12(15)6-11)7-16-13-3-1-2-10(13)8-17/h4-6,10,13,16-17H,1-3,7-8H2. The first-order valence-corrected chi connectivity index (χ1v) is 5.99. The Hall–Kier alpha value is -1.00. The summed E-state index contributed by atoms with van der Waals surface area (Å²) in [6, 6.07) is 3.86. The molecule has 2 rings (SSSR count). The zero-order valence-electron chi connectivity index (χ0n) is 9.63. The van der Waals surface area contributed by atoms with E-state index in [1.807, 2.05) is 0 Å². The van der Waals surface area contributed by atoms with E-state index >= 15 is 0 Å². The topological polar surface area (TPSA) is 32.3 Å². The Morgan fingerprint density at radius 2 is 2.12 bits per heavy atom. The molecule has 1 fully saturated rings. The maximum atomic E-state index is 13.4. The molecule has 2 N–H and O–H groups in total. The highest BCUT2D eigenvalue weighted by Crippen LogP contribution is 2.25. The fourth-order valence-electron chi connectivity index (χ4n) is 2.43.